The van der Waals surface area contributed by atoms with E-state index in [0.29, 0.717) is 12.0 Å². The van der Waals surface area contributed by atoms with E-state index in [2.05, 4.69) is 21.9 Å². The zero-order chi connectivity index (χ0) is 13.4. The first-order chi connectivity index (χ1) is 9.22. The molecule has 0 aromatic carbocycles. The van der Waals surface area contributed by atoms with Crippen LogP contribution in [0.5, 0.6) is 0 Å². The molecule has 5 nitrogen and oxygen atoms in total. The lowest BCUT2D eigenvalue weighted by Crippen LogP contribution is -2.38. The quantitative estimate of drug-likeness (QED) is 0.908. The summed E-state index contributed by atoms with van der Waals surface area (Å²) >= 11 is 0. The highest BCUT2D eigenvalue weighted by atomic mass is 15.2. The SMILES string of the molecule is CN(c1nccc2c1ncn2C)C1CCCC1CN. The fraction of sp³-hybridized carbons (Fsp3) is 0.571. The summed E-state index contributed by atoms with van der Waals surface area (Å²) < 4.78 is 2.03. The largest absolute Gasteiger partial charge is 0.355 e. The Balaban J connectivity index is 1.99. The van der Waals surface area contributed by atoms with E-state index in [0.717, 1.165) is 23.4 Å². The molecule has 2 aromatic rings. The highest BCUT2D eigenvalue weighted by molar-refractivity contribution is 5.86. The summed E-state index contributed by atoms with van der Waals surface area (Å²) in [6.45, 7) is 0.757. The predicted molar refractivity (Wildman–Crippen MR) is 77.1 cm³/mol. The molecular weight excluding hydrogens is 238 g/mol. The van der Waals surface area contributed by atoms with E-state index >= 15 is 0 Å². The molecule has 0 spiro atoms. The monoisotopic (exact) mass is 259 g/mol. The smallest absolute Gasteiger partial charge is 0.156 e. The van der Waals surface area contributed by atoms with Gasteiger partial charge in [0.2, 0.25) is 0 Å². The average molecular weight is 259 g/mol. The molecule has 1 saturated carbocycles. The van der Waals surface area contributed by atoms with Crippen molar-refractivity contribution in [3.63, 3.8) is 0 Å². The van der Waals surface area contributed by atoms with Gasteiger partial charge in [-0.2, -0.15) is 0 Å². The zero-order valence-electron chi connectivity index (χ0n) is 11.6. The van der Waals surface area contributed by atoms with Crippen LogP contribution in [0.3, 0.4) is 0 Å². The van der Waals surface area contributed by atoms with Crippen LogP contribution in [0.2, 0.25) is 0 Å². The van der Waals surface area contributed by atoms with E-state index in [9.17, 15) is 0 Å². The van der Waals surface area contributed by atoms with Crippen molar-refractivity contribution in [2.45, 2.75) is 25.3 Å². The van der Waals surface area contributed by atoms with Crippen LogP contribution in [-0.4, -0.2) is 34.2 Å². The number of pyridine rings is 1. The molecule has 19 heavy (non-hydrogen) atoms. The van der Waals surface area contributed by atoms with Crippen LogP contribution in [0.1, 0.15) is 19.3 Å². The van der Waals surface area contributed by atoms with Crippen molar-refractivity contribution in [1.82, 2.24) is 14.5 Å². The van der Waals surface area contributed by atoms with Crippen LogP contribution in [0.25, 0.3) is 11.0 Å². The van der Waals surface area contributed by atoms with Crippen molar-refractivity contribution in [2.75, 3.05) is 18.5 Å². The highest BCUT2D eigenvalue weighted by Crippen LogP contribution is 2.32. The van der Waals surface area contributed by atoms with Gasteiger partial charge in [0.05, 0.1) is 11.8 Å². The second kappa shape index (κ2) is 4.81. The van der Waals surface area contributed by atoms with Crippen molar-refractivity contribution in [3.8, 4) is 0 Å². The maximum Gasteiger partial charge on any atom is 0.156 e. The summed E-state index contributed by atoms with van der Waals surface area (Å²) in [5.41, 5.74) is 8.00. The Kier molecular flexibility index (Phi) is 3.14. The second-order valence-electron chi connectivity index (χ2n) is 5.46. The molecule has 5 heteroatoms. The summed E-state index contributed by atoms with van der Waals surface area (Å²) in [6, 6.07) is 2.50. The third kappa shape index (κ3) is 1.98. The van der Waals surface area contributed by atoms with Crippen LogP contribution in [-0.2, 0) is 7.05 Å². The molecule has 0 amide bonds. The Morgan fingerprint density at radius 3 is 3.05 bits per heavy atom. The molecule has 0 bridgehead atoms. The Hall–Kier alpha value is -1.62. The molecule has 0 aliphatic heterocycles. The van der Waals surface area contributed by atoms with Crippen LogP contribution < -0.4 is 10.6 Å². The minimum atomic E-state index is 0.491. The first-order valence-corrected chi connectivity index (χ1v) is 6.91. The molecule has 2 atom stereocenters. The molecule has 2 unspecified atom stereocenters. The Morgan fingerprint density at radius 2 is 2.26 bits per heavy atom. The fourth-order valence-electron chi connectivity index (χ4n) is 3.27. The molecule has 2 N–H and O–H groups in total. The maximum atomic E-state index is 5.89. The van der Waals surface area contributed by atoms with E-state index in [4.69, 9.17) is 5.73 Å². The number of aryl methyl sites for hydroxylation is 1. The number of rotatable bonds is 3. The van der Waals surface area contributed by atoms with Gasteiger partial charge in [-0.25, -0.2) is 9.97 Å². The molecule has 0 saturated heterocycles. The summed E-state index contributed by atoms with van der Waals surface area (Å²) in [7, 11) is 4.13. The van der Waals surface area contributed by atoms with Gasteiger partial charge in [0.25, 0.3) is 0 Å². The van der Waals surface area contributed by atoms with Crippen molar-refractivity contribution >= 4 is 16.9 Å². The Labute approximate surface area is 113 Å². The average Bonchev–Trinajstić information content (AvgIpc) is 3.05. The number of nitrogens with two attached hydrogens (primary N) is 1. The summed E-state index contributed by atoms with van der Waals surface area (Å²) in [6.07, 6.45) is 7.39. The number of hydrogen-bond acceptors (Lipinski definition) is 4. The first kappa shape index (κ1) is 12.4. The molecule has 102 valence electrons. The zero-order valence-corrected chi connectivity index (χ0v) is 11.6. The van der Waals surface area contributed by atoms with Crippen molar-refractivity contribution in [1.29, 1.82) is 0 Å². The molecular formula is C14H21N5. The van der Waals surface area contributed by atoms with Crippen LogP contribution >= 0.6 is 0 Å². The number of fused-ring (bicyclic) bond motifs is 1. The first-order valence-electron chi connectivity index (χ1n) is 6.91. The fourth-order valence-corrected chi connectivity index (χ4v) is 3.27. The molecule has 1 aliphatic carbocycles. The van der Waals surface area contributed by atoms with Gasteiger partial charge in [0, 0.05) is 26.3 Å². The highest BCUT2D eigenvalue weighted by Gasteiger charge is 2.31. The van der Waals surface area contributed by atoms with Gasteiger partial charge in [-0.15, -0.1) is 0 Å². The lowest BCUT2D eigenvalue weighted by Gasteiger charge is -2.30. The molecule has 1 fully saturated rings. The third-order valence-corrected chi connectivity index (χ3v) is 4.38. The van der Waals surface area contributed by atoms with Gasteiger partial charge in [-0.3, -0.25) is 0 Å². The Morgan fingerprint density at radius 1 is 1.42 bits per heavy atom. The van der Waals surface area contributed by atoms with E-state index in [1.807, 2.05) is 30.2 Å². The van der Waals surface area contributed by atoms with Crippen molar-refractivity contribution in [3.05, 3.63) is 18.6 Å². The standard InChI is InChI=1S/C14H21N5/c1-18-9-17-13-12(18)6-7-16-14(13)19(2)11-5-3-4-10(11)8-15/h6-7,9-11H,3-5,8,15H2,1-2H3. The van der Waals surface area contributed by atoms with E-state index in [-0.39, 0.29) is 0 Å². The number of aromatic nitrogens is 3. The molecule has 2 heterocycles. The van der Waals surface area contributed by atoms with Gasteiger partial charge in [-0.1, -0.05) is 6.42 Å². The van der Waals surface area contributed by atoms with Gasteiger partial charge in [-0.05, 0) is 31.4 Å². The summed E-state index contributed by atoms with van der Waals surface area (Å²) in [5, 5.41) is 0. The van der Waals surface area contributed by atoms with Gasteiger partial charge >= 0.3 is 0 Å². The normalized spacial score (nSPS) is 23.1. The maximum absolute atomic E-state index is 5.89. The number of imidazole rings is 1. The van der Waals surface area contributed by atoms with Crippen molar-refractivity contribution in [2.24, 2.45) is 18.7 Å². The van der Waals surface area contributed by atoms with E-state index < -0.39 is 0 Å². The van der Waals surface area contributed by atoms with Gasteiger partial charge in [0.15, 0.2) is 5.82 Å². The van der Waals surface area contributed by atoms with E-state index in [1.54, 1.807) is 0 Å². The predicted octanol–water partition coefficient (Wildman–Crippen LogP) is 1.53. The lowest BCUT2D eigenvalue weighted by molar-refractivity contribution is 0.473. The van der Waals surface area contributed by atoms with Crippen LogP contribution in [0.15, 0.2) is 18.6 Å². The van der Waals surface area contributed by atoms with Crippen LogP contribution in [0.4, 0.5) is 5.82 Å². The van der Waals surface area contributed by atoms with Crippen LogP contribution in [0, 0.1) is 5.92 Å². The number of nitrogens with zero attached hydrogens (tertiary/aromatic N) is 4. The Bertz CT molecular complexity index is 576. The number of anilines is 1. The third-order valence-electron chi connectivity index (χ3n) is 4.38. The molecule has 3 rings (SSSR count). The molecule has 1 aliphatic rings. The minimum Gasteiger partial charge on any atom is -0.355 e. The minimum absolute atomic E-state index is 0.491. The van der Waals surface area contributed by atoms with Gasteiger partial charge < -0.3 is 15.2 Å². The van der Waals surface area contributed by atoms with Crippen molar-refractivity contribution < 1.29 is 0 Å². The van der Waals surface area contributed by atoms with Gasteiger partial charge in [0.1, 0.15) is 5.52 Å². The summed E-state index contributed by atoms with van der Waals surface area (Å²) in [5.74, 6) is 1.55. The van der Waals surface area contributed by atoms with E-state index in [1.165, 1.54) is 19.3 Å². The molecule has 0 radical (unpaired) electrons. The topological polar surface area (TPSA) is 60.0 Å². The molecule has 2 aromatic heterocycles. The second-order valence-corrected chi connectivity index (χ2v) is 5.46. The lowest BCUT2D eigenvalue weighted by atomic mass is 10.0. The summed E-state index contributed by atoms with van der Waals surface area (Å²) in [4.78, 5) is 11.3. The number of hydrogen-bond donors (Lipinski definition) is 1.